The third-order valence-electron chi connectivity index (χ3n) is 2.32. The number of nitrogens with zero attached hydrogens (tertiary/aromatic N) is 2. The van der Waals surface area contributed by atoms with E-state index in [0.717, 1.165) is 0 Å². The molecule has 0 spiro atoms. The van der Waals surface area contributed by atoms with Crippen molar-refractivity contribution < 1.29 is 9.18 Å². The fourth-order valence-corrected chi connectivity index (χ4v) is 1.54. The summed E-state index contributed by atoms with van der Waals surface area (Å²) in [5.74, 6) is -0.811. The second-order valence-corrected chi connectivity index (χ2v) is 3.50. The van der Waals surface area contributed by atoms with E-state index in [-0.39, 0.29) is 12.5 Å². The summed E-state index contributed by atoms with van der Waals surface area (Å²) in [7, 11) is 0. The summed E-state index contributed by atoms with van der Waals surface area (Å²) in [6.45, 7) is 7.17. The van der Waals surface area contributed by atoms with E-state index in [1.54, 1.807) is 6.92 Å². The molecule has 98 valence electrons. The second-order valence-electron chi connectivity index (χ2n) is 3.50. The SMILES string of the molecule is CC.CC(=O)NCc1c(F)nc(C)c2[nH]cnc12. The van der Waals surface area contributed by atoms with Gasteiger partial charge in [0.2, 0.25) is 11.9 Å². The molecule has 0 unspecified atom stereocenters. The van der Waals surface area contributed by atoms with Crippen molar-refractivity contribution in [2.24, 2.45) is 0 Å². The van der Waals surface area contributed by atoms with Crippen molar-refractivity contribution in [3.63, 3.8) is 0 Å². The van der Waals surface area contributed by atoms with Gasteiger partial charge in [-0.3, -0.25) is 4.79 Å². The van der Waals surface area contributed by atoms with Crippen molar-refractivity contribution in [3.8, 4) is 0 Å². The van der Waals surface area contributed by atoms with E-state index in [4.69, 9.17) is 0 Å². The fourth-order valence-electron chi connectivity index (χ4n) is 1.54. The molecule has 0 saturated heterocycles. The predicted molar refractivity (Wildman–Crippen MR) is 67.5 cm³/mol. The first-order valence-corrected chi connectivity index (χ1v) is 5.82. The van der Waals surface area contributed by atoms with Crippen LogP contribution in [0.25, 0.3) is 11.0 Å². The molecule has 18 heavy (non-hydrogen) atoms. The van der Waals surface area contributed by atoms with Gasteiger partial charge in [-0.1, -0.05) is 13.8 Å². The molecular formula is C12H17FN4O. The predicted octanol–water partition coefficient (Wildman–Crippen LogP) is 2.07. The van der Waals surface area contributed by atoms with E-state index in [2.05, 4.69) is 20.3 Å². The molecule has 6 heteroatoms. The molecule has 5 nitrogen and oxygen atoms in total. The lowest BCUT2D eigenvalue weighted by Gasteiger charge is -2.05. The summed E-state index contributed by atoms with van der Waals surface area (Å²) in [5.41, 5.74) is 2.06. The number of aromatic nitrogens is 3. The summed E-state index contributed by atoms with van der Waals surface area (Å²) >= 11 is 0. The number of hydrogen-bond donors (Lipinski definition) is 2. The maximum absolute atomic E-state index is 13.6. The Morgan fingerprint density at radius 2 is 2.17 bits per heavy atom. The molecule has 0 aliphatic heterocycles. The smallest absolute Gasteiger partial charge is 0.220 e. The number of amides is 1. The molecule has 0 aliphatic rings. The highest BCUT2D eigenvalue weighted by Gasteiger charge is 2.13. The largest absolute Gasteiger partial charge is 0.352 e. The highest BCUT2D eigenvalue weighted by molar-refractivity contribution is 5.80. The van der Waals surface area contributed by atoms with Crippen LogP contribution in [-0.2, 0) is 11.3 Å². The molecule has 0 saturated carbocycles. The van der Waals surface area contributed by atoms with E-state index < -0.39 is 5.95 Å². The van der Waals surface area contributed by atoms with Crippen LogP contribution in [0.4, 0.5) is 4.39 Å². The van der Waals surface area contributed by atoms with Crippen LogP contribution in [0.1, 0.15) is 32.0 Å². The molecule has 2 aromatic heterocycles. The lowest BCUT2D eigenvalue weighted by Crippen LogP contribution is -2.20. The van der Waals surface area contributed by atoms with Gasteiger partial charge in [-0.2, -0.15) is 4.39 Å². The third kappa shape index (κ3) is 2.82. The minimum atomic E-state index is -0.592. The monoisotopic (exact) mass is 252 g/mol. The average Bonchev–Trinajstić information content (AvgIpc) is 2.80. The molecule has 2 heterocycles. The van der Waals surface area contributed by atoms with Crippen molar-refractivity contribution in [2.45, 2.75) is 34.2 Å². The Labute approximate surface area is 105 Å². The van der Waals surface area contributed by atoms with Gasteiger partial charge in [-0.25, -0.2) is 9.97 Å². The van der Waals surface area contributed by atoms with Crippen molar-refractivity contribution >= 4 is 16.9 Å². The number of fused-ring (bicyclic) bond motifs is 1. The number of carbonyl (C=O) groups is 1. The quantitative estimate of drug-likeness (QED) is 0.804. The normalized spacial score (nSPS) is 9.83. The van der Waals surface area contributed by atoms with Gasteiger partial charge in [0.1, 0.15) is 0 Å². The molecule has 0 aliphatic carbocycles. The van der Waals surface area contributed by atoms with Gasteiger partial charge in [0, 0.05) is 13.5 Å². The Hall–Kier alpha value is -1.98. The zero-order valence-electron chi connectivity index (χ0n) is 11.0. The van der Waals surface area contributed by atoms with Crippen LogP contribution in [0, 0.1) is 12.9 Å². The van der Waals surface area contributed by atoms with Crippen molar-refractivity contribution in [1.82, 2.24) is 20.3 Å². The van der Waals surface area contributed by atoms with Gasteiger partial charge in [-0.15, -0.1) is 0 Å². The van der Waals surface area contributed by atoms with Crippen LogP contribution in [-0.4, -0.2) is 20.9 Å². The van der Waals surface area contributed by atoms with E-state index in [1.807, 2.05) is 13.8 Å². The molecule has 1 amide bonds. The number of H-pyrrole nitrogens is 1. The number of imidazole rings is 1. The molecular weight excluding hydrogens is 235 g/mol. The summed E-state index contributed by atoms with van der Waals surface area (Å²) in [5, 5.41) is 2.53. The van der Waals surface area contributed by atoms with Crippen LogP contribution in [0.2, 0.25) is 0 Å². The Kier molecular flexibility index (Phi) is 4.76. The number of nitrogens with one attached hydrogen (secondary N) is 2. The summed E-state index contributed by atoms with van der Waals surface area (Å²) in [6, 6.07) is 0. The number of hydrogen-bond acceptors (Lipinski definition) is 3. The van der Waals surface area contributed by atoms with E-state index >= 15 is 0 Å². The van der Waals surface area contributed by atoms with Gasteiger partial charge < -0.3 is 10.3 Å². The molecule has 0 radical (unpaired) electrons. The van der Waals surface area contributed by atoms with Crippen LogP contribution < -0.4 is 5.32 Å². The van der Waals surface area contributed by atoms with Gasteiger partial charge >= 0.3 is 0 Å². The van der Waals surface area contributed by atoms with Crippen LogP contribution in [0.5, 0.6) is 0 Å². The second kappa shape index (κ2) is 6.09. The molecule has 0 atom stereocenters. The van der Waals surface area contributed by atoms with Crippen LogP contribution in [0.15, 0.2) is 6.33 Å². The first-order valence-electron chi connectivity index (χ1n) is 5.82. The van der Waals surface area contributed by atoms with Crippen molar-refractivity contribution in [3.05, 3.63) is 23.5 Å². The van der Waals surface area contributed by atoms with Crippen molar-refractivity contribution in [1.29, 1.82) is 0 Å². The first-order chi connectivity index (χ1) is 8.59. The standard InChI is InChI=1S/C10H11FN4O.C2H6/c1-5-8-9(14-4-13-8)7(10(11)15-5)3-12-6(2)16;1-2/h4H,3H2,1-2H3,(H,12,16)(H,13,14);1-2H3. The number of aromatic amines is 1. The molecule has 2 N–H and O–H groups in total. The molecule has 2 aromatic rings. The fraction of sp³-hybridized carbons (Fsp3) is 0.417. The average molecular weight is 252 g/mol. The molecule has 0 bridgehead atoms. The highest BCUT2D eigenvalue weighted by atomic mass is 19.1. The zero-order chi connectivity index (χ0) is 13.7. The lowest BCUT2D eigenvalue weighted by molar-refractivity contribution is -0.119. The molecule has 0 aromatic carbocycles. The van der Waals surface area contributed by atoms with E-state index in [0.29, 0.717) is 22.3 Å². The van der Waals surface area contributed by atoms with Gasteiger partial charge in [0.05, 0.1) is 28.6 Å². The molecule has 0 fully saturated rings. The lowest BCUT2D eigenvalue weighted by atomic mass is 10.2. The molecule has 2 rings (SSSR count). The minimum Gasteiger partial charge on any atom is -0.352 e. The van der Waals surface area contributed by atoms with Crippen molar-refractivity contribution in [2.75, 3.05) is 0 Å². The third-order valence-corrected chi connectivity index (χ3v) is 2.32. The van der Waals surface area contributed by atoms with Crippen LogP contribution in [0.3, 0.4) is 0 Å². The van der Waals surface area contributed by atoms with E-state index in [9.17, 15) is 9.18 Å². The number of halogens is 1. The Morgan fingerprint density at radius 3 is 2.78 bits per heavy atom. The van der Waals surface area contributed by atoms with Gasteiger partial charge in [-0.05, 0) is 6.92 Å². The minimum absolute atomic E-state index is 0.0931. The zero-order valence-corrected chi connectivity index (χ0v) is 11.0. The topological polar surface area (TPSA) is 70.7 Å². The number of rotatable bonds is 2. The Balaban J connectivity index is 0.000000771. The van der Waals surface area contributed by atoms with Gasteiger partial charge in [0.25, 0.3) is 0 Å². The first kappa shape index (κ1) is 14.1. The van der Waals surface area contributed by atoms with Gasteiger partial charge in [0.15, 0.2) is 0 Å². The Morgan fingerprint density at radius 1 is 1.50 bits per heavy atom. The van der Waals surface area contributed by atoms with E-state index in [1.165, 1.54) is 13.3 Å². The number of aryl methyl sites for hydroxylation is 1. The summed E-state index contributed by atoms with van der Waals surface area (Å²) in [4.78, 5) is 21.5. The summed E-state index contributed by atoms with van der Waals surface area (Å²) < 4.78 is 13.6. The van der Waals surface area contributed by atoms with Crippen LogP contribution >= 0.6 is 0 Å². The maximum atomic E-state index is 13.6. The Bertz CT molecular complexity index is 550. The number of carbonyl (C=O) groups excluding carboxylic acids is 1. The summed E-state index contributed by atoms with van der Waals surface area (Å²) in [6.07, 6.45) is 1.48. The number of pyridine rings is 1. The highest BCUT2D eigenvalue weighted by Crippen LogP contribution is 2.19. The maximum Gasteiger partial charge on any atom is 0.220 e.